The van der Waals surface area contributed by atoms with Crippen LogP contribution in [0.25, 0.3) is 0 Å². The van der Waals surface area contributed by atoms with Gasteiger partial charge < -0.3 is 9.64 Å². The Bertz CT molecular complexity index is 595. The second-order valence-corrected chi connectivity index (χ2v) is 5.52. The molecule has 0 saturated carbocycles. The SMILES string of the molecule is Cc1cccc(OCC(=O)N2CC(=O)NC(=O)C2(C)C)c1. The zero-order chi connectivity index (χ0) is 15.6. The van der Waals surface area contributed by atoms with Crippen molar-refractivity contribution in [3.63, 3.8) is 0 Å². The minimum absolute atomic E-state index is 0.144. The number of imide groups is 1. The molecule has 1 aliphatic heterocycles. The number of aryl methyl sites for hydroxylation is 1. The fourth-order valence-electron chi connectivity index (χ4n) is 2.11. The van der Waals surface area contributed by atoms with Gasteiger partial charge in [-0.2, -0.15) is 0 Å². The maximum atomic E-state index is 12.2. The van der Waals surface area contributed by atoms with Crippen LogP contribution in [0.4, 0.5) is 0 Å². The van der Waals surface area contributed by atoms with Gasteiger partial charge in [0, 0.05) is 0 Å². The summed E-state index contributed by atoms with van der Waals surface area (Å²) in [4.78, 5) is 36.7. The zero-order valence-electron chi connectivity index (χ0n) is 12.3. The van der Waals surface area contributed by atoms with Crippen LogP contribution < -0.4 is 10.1 Å². The molecule has 6 nitrogen and oxygen atoms in total. The second kappa shape index (κ2) is 5.55. The maximum Gasteiger partial charge on any atom is 0.261 e. The first-order valence-electron chi connectivity index (χ1n) is 6.65. The van der Waals surface area contributed by atoms with E-state index in [1.54, 1.807) is 19.9 Å². The Hall–Kier alpha value is -2.37. The number of nitrogens with one attached hydrogen (secondary N) is 1. The van der Waals surface area contributed by atoms with E-state index < -0.39 is 23.3 Å². The van der Waals surface area contributed by atoms with E-state index in [1.807, 2.05) is 25.1 Å². The van der Waals surface area contributed by atoms with Crippen LogP contribution in [0, 0.1) is 6.92 Å². The quantitative estimate of drug-likeness (QED) is 0.829. The predicted molar refractivity (Wildman–Crippen MR) is 75.6 cm³/mol. The summed E-state index contributed by atoms with van der Waals surface area (Å²) in [5, 5.41) is 2.22. The van der Waals surface area contributed by atoms with Crippen LogP contribution >= 0.6 is 0 Å². The topological polar surface area (TPSA) is 75.7 Å². The molecule has 0 unspecified atom stereocenters. The van der Waals surface area contributed by atoms with Gasteiger partial charge in [0.15, 0.2) is 6.61 Å². The fourth-order valence-corrected chi connectivity index (χ4v) is 2.11. The largest absolute Gasteiger partial charge is 0.484 e. The van der Waals surface area contributed by atoms with Crippen LogP contribution in [-0.4, -0.2) is 41.3 Å². The van der Waals surface area contributed by atoms with Crippen molar-refractivity contribution in [2.45, 2.75) is 26.3 Å². The van der Waals surface area contributed by atoms with Gasteiger partial charge in [-0.05, 0) is 38.5 Å². The molecule has 0 radical (unpaired) electrons. The molecule has 2 rings (SSSR count). The molecule has 1 aromatic carbocycles. The van der Waals surface area contributed by atoms with E-state index in [1.165, 1.54) is 4.90 Å². The molecule has 0 spiro atoms. The monoisotopic (exact) mass is 290 g/mol. The van der Waals surface area contributed by atoms with Crippen molar-refractivity contribution < 1.29 is 19.1 Å². The highest BCUT2D eigenvalue weighted by Crippen LogP contribution is 2.19. The van der Waals surface area contributed by atoms with E-state index in [-0.39, 0.29) is 13.2 Å². The Morgan fingerprint density at radius 3 is 2.76 bits per heavy atom. The first kappa shape index (κ1) is 15.0. The van der Waals surface area contributed by atoms with E-state index in [9.17, 15) is 14.4 Å². The van der Waals surface area contributed by atoms with Gasteiger partial charge in [0.1, 0.15) is 17.8 Å². The number of piperazine rings is 1. The standard InChI is InChI=1S/C15H18N2O4/c1-10-5-4-6-11(7-10)21-9-13(19)17-8-12(18)16-14(20)15(17,2)3/h4-7H,8-9H2,1-3H3,(H,16,18,20). The fraction of sp³-hybridized carbons (Fsp3) is 0.400. The van der Waals surface area contributed by atoms with Gasteiger partial charge in [0.2, 0.25) is 5.91 Å². The van der Waals surface area contributed by atoms with Crippen LogP contribution in [0.15, 0.2) is 24.3 Å². The molecule has 0 aliphatic carbocycles. The molecular weight excluding hydrogens is 272 g/mol. The minimum atomic E-state index is -1.07. The van der Waals surface area contributed by atoms with Crippen LogP contribution in [0.1, 0.15) is 19.4 Å². The number of hydrogen-bond acceptors (Lipinski definition) is 4. The van der Waals surface area contributed by atoms with Gasteiger partial charge in [-0.3, -0.25) is 19.7 Å². The zero-order valence-corrected chi connectivity index (χ0v) is 12.3. The Morgan fingerprint density at radius 1 is 1.38 bits per heavy atom. The molecule has 1 fully saturated rings. The molecule has 21 heavy (non-hydrogen) atoms. The Balaban J connectivity index is 2.05. The summed E-state index contributed by atoms with van der Waals surface area (Å²) in [6.07, 6.45) is 0. The smallest absolute Gasteiger partial charge is 0.261 e. The minimum Gasteiger partial charge on any atom is -0.484 e. The highest BCUT2D eigenvalue weighted by Gasteiger charge is 2.43. The van der Waals surface area contributed by atoms with Gasteiger partial charge in [0.05, 0.1) is 0 Å². The molecule has 0 aromatic heterocycles. The van der Waals surface area contributed by atoms with Gasteiger partial charge >= 0.3 is 0 Å². The van der Waals surface area contributed by atoms with Crippen molar-refractivity contribution >= 4 is 17.7 Å². The molecule has 112 valence electrons. The summed E-state index contributed by atoms with van der Waals surface area (Å²) in [5.41, 5.74) is -0.0474. The van der Waals surface area contributed by atoms with Crippen LogP contribution in [0.3, 0.4) is 0 Å². The van der Waals surface area contributed by atoms with Crippen molar-refractivity contribution in [3.05, 3.63) is 29.8 Å². The number of ether oxygens (including phenoxy) is 1. The average Bonchev–Trinajstić information content (AvgIpc) is 2.40. The highest BCUT2D eigenvalue weighted by molar-refractivity contribution is 6.06. The van der Waals surface area contributed by atoms with Gasteiger partial charge in [-0.25, -0.2) is 0 Å². The highest BCUT2D eigenvalue weighted by atomic mass is 16.5. The lowest BCUT2D eigenvalue weighted by atomic mass is 9.98. The van der Waals surface area contributed by atoms with E-state index in [0.29, 0.717) is 5.75 Å². The third-order valence-electron chi connectivity index (χ3n) is 3.44. The summed E-state index contributed by atoms with van der Waals surface area (Å²) in [6.45, 7) is 4.76. The second-order valence-electron chi connectivity index (χ2n) is 5.52. The van der Waals surface area contributed by atoms with Crippen molar-refractivity contribution in [1.29, 1.82) is 0 Å². The molecule has 0 atom stereocenters. The number of amides is 3. The summed E-state index contributed by atoms with van der Waals surface area (Å²) in [7, 11) is 0. The summed E-state index contributed by atoms with van der Waals surface area (Å²) in [5.74, 6) is -0.787. The summed E-state index contributed by atoms with van der Waals surface area (Å²) >= 11 is 0. The van der Waals surface area contributed by atoms with Crippen LogP contribution in [0.5, 0.6) is 5.75 Å². The molecular formula is C15H18N2O4. The Kier molecular flexibility index (Phi) is 3.97. The van der Waals surface area contributed by atoms with Crippen LogP contribution in [0.2, 0.25) is 0 Å². The molecule has 3 amide bonds. The predicted octanol–water partition coefficient (Wildman–Crippen LogP) is 0.637. The van der Waals surface area contributed by atoms with E-state index in [2.05, 4.69) is 5.32 Å². The molecule has 1 N–H and O–H groups in total. The number of hydrogen-bond donors (Lipinski definition) is 1. The third-order valence-corrected chi connectivity index (χ3v) is 3.44. The first-order chi connectivity index (χ1) is 9.80. The normalized spacial score (nSPS) is 17.4. The lowest BCUT2D eigenvalue weighted by Gasteiger charge is -2.39. The molecule has 1 heterocycles. The van der Waals surface area contributed by atoms with Gasteiger partial charge in [0.25, 0.3) is 11.8 Å². The average molecular weight is 290 g/mol. The summed E-state index contributed by atoms with van der Waals surface area (Å²) in [6, 6.07) is 7.31. The third kappa shape index (κ3) is 3.21. The number of benzene rings is 1. The van der Waals surface area contributed by atoms with E-state index >= 15 is 0 Å². The summed E-state index contributed by atoms with van der Waals surface area (Å²) < 4.78 is 5.43. The Morgan fingerprint density at radius 2 is 2.10 bits per heavy atom. The van der Waals surface area contributed by atoms with E-state index in [0.717, 1.165) is 5.56 Å². The van der Waals surface area contributed by atoms with Crippen molar-refractivity contribution in [2.75, 3.05) is 13.2 Å². The Labute approximate surface area is 123 Å². The van der Waals surface area contributed by atoms with Crippen molar-refractivity contribution in [2.24, 2.45) is 0 Å². The first-order valence-corrected chi connectivity index (χ1v) is 6.65. The maximum absolute atomic E-state index is 12.2. The van der Waals surface area contributed by atoms with Crippen molar-refractivity contribution in [3.8, 4) is 5.75 Å². The van der Waals surface area contributed by atoms with Gasteiger partial charge in [-0.1, -0.05) is 12.1 Å². The molecule has 6 heteroatoms. The van der Waals surface area contributed by atoms with Gasteiger partial charge in [-0.15, -0.1) is 0 Å². The van der Waals surface area contributed by atoms with E-state index in [4.69, 9.17) is 4.74 Å². The molecule has 1 saturated heterocycles. The lowest BCUT2D eigenvalue weighted by Crippen LogP contribution is -2.66. The molecule has 1 aliphatic rings. The molecule has 0 bridgehead atoms. The van der Waals surface area contributed by atoms with Crippen molar-refractivity contribution in [1.82, 2.24) is 10.2 Å². The molecule has 1 aromatic rings. The number of rotatable bonds is 3. The number of nitrogens with zero attached hydrogens (tertiary/aromatic N) is 1. The number of carbonyl (C=O) groups is 3. The number of carbonyl (C=O) groups excluding carboxylic acids is 3. The van der Waals surface area contributed by atoms with Crippen LogP contribution in [-0.2, 0) is 14.4 Å². The lowest BCUT2D eigenvalue weighted by molar-refractivity contribution is -0.156.